The Balaban J connectivity index is 2.21. The highest BCUT2D eigenvalue weighted by Crippen LogP contribution is 2.27. The first-order chi connectivity index (χ1) is 8.75. The van der Waals surface area contributed by atoms with Gasteiger partial charge in [-0.05, 0) is 25.2 Å². The third-order valence-corrected chi connectivity index (χ3v) is 2.89. The van der Waals surface area contributed by atoms with E-state index >= 15 is 0 Å². The summed E-state index contributed by atoms with van der Waals surface area (Å²) >= 11 is 0. The Kier molecular flexibility index (Phi) is 4.19. The lowest BCUT2D eigenvalue weighted by Gasteiger charge is -2.11. The van der Waals surface area contributed by atoms with Gasteiger partial charge in [0.25, 0.3) is 0 Å². The molecule has 2 rings (SSSR count). The van der Waals surface area contributed by atoms with Gasteiger partial charge in [0.05, 0.1) is 0 Å². The van der Waals surface area contributed by atoms with Crippen molar-refractivity contribution in [2.45, 2.75) is 13.1 Å². The molecule has 0 saturated heterocycles. The number of aliphatic imine (C=N–C) groups is 1. The largest absolute Gasteiger partial charge is 0.546 e. The number of nitrogens with zero attached hydrogens (tertiary/aromatic N) is 3. The number of hydrogen-bond donors (Lipinski definition) is 0. The highest BCUT2D eigenvalue weighted by molar-refractivity contribution is 6.49. The van der Waals surface area contributed by atoms with Gasteiger partial charge in [-0.2, -0.15) is 0 Å². The lowest BCUT2D eigenvalue weighted by molar-refractivity contribution is 0.582. The third-order valence-electron chi connectivity index (χ3n) is 2.16. The molecule has 0 amide bonds. The van der Waals surface area contributed by atoms with Gasteiger partial charge in [0.1, 0.15) is 17.8 Å². The molecule has 0 bridgehead atoms. The van der Waals surface area contributed by atoms with Crippen molar-refractivity contribution >= 4 is 20.9 Å². The Morgan fingerprint density at radius 2 is 1.89 bits per heavy atom. The van der Waals surface area contributed by atoms with Crippen molar-refractivity contribution in [3.8, 4) is 5.75 Å². The highest BCUT2D eigenvalue weighted by atomic mass is 28.3. The van der Waals surface area contributed by atoms with Crippen molar-refractivity contribution in [3.63, 3.8) is 0 Å². The molecule has 0 fully saturated rings. The monoisotopic (exact) mass is 257 g/mol. The van der Waals surface area contributed by atoms with E-state index in [4.69, 9.17) is 4.43 Å². The summed E-state index contributed by atoms with van der Waals surface area (Å²) < 4.78 is 5.83. The number of benzene rings is 1. The molecule has 1 heterocycles. The molecule has 0 aliphatic rings. The van der Waals surface area contributed by atoms with Gasteiger partial charge in [-0.3, -0.25) is 4.99 Å². The van der Waals surface area contributed by atoms with Gasteiger partial charge in [-0.15, -0.1) is 0 Å². The van der Waals surface area contributed by atoms with Crippen LogP contribution in [-0.2, 0) is 0 Å². The zero-order chi connectivity index (χ0) is 12.8. The molecular weight excluding hydrogens is 242 g/mol. The Hall–Kier alpha value is -2.01. The fourth-order valence-electron chi connectivity index (χ4n) is 1.44. The number of para-hydroxylation sites is 2. The summed E-state index contributed by atoms with van der Waals surface area (Å²) in [6.07, 6.45) is 6.68. The van der Waals surface area contributed by atoms with Gasteiger partial charge in [0.2, 0.25) is 9.04 Å². The molecule has 0 aliphatic heterocycles. The number of aromatic nitrogens is 2. The highest BCUT2D eigenvalue weighted by Gasteiger charge is 2.03. The van der Waals surface area contributed by atoms with Crippen molar-refractivity contribution in [2.24, 2.45) is 4.99 Å². The first kappa shape index (κ1) is 12.4. The normalized spacial score (nSPS) is 11.1. The Morgan fingerprint density at radius 1 is 1.17 bits per heavy atom. The standard InChI is InChI=1S/C13H15N3OSi/c1-18(2)17-13-6-4-3-5-12(13)16-9-11-7-14-10-15-8-11/h3-10,18H,1-2H3. The molecular formula is C13H15N3OSi. The van der Waals surface area contributed by atoms with E-state index in [0.717, 1.165) is 17.0 Å². The van der Waals surface area contributed by atoms with Crippen LogP contribution in [0.4, 0.5) is 5.69 Å². The fourth-order valence-corrected chi connectivity index (χ4v) is 2.15. The van der Waals surface area contributed by atoms with E-state index in [0.29, 0.717) is 0 Å². The number of hydrogen-bond acceptors (Lipinski definition) is 4. The molecule has 5 heteroatoms. The Morgan fingerprint density at radius 3 is 2.61 bits per heavy atom. The second-order valence-corrected chi connectivity index (χ2v) is 6.40. The zero-order valence-electron chi connectivity index (χ0n) is 10.4. The predicted molar refractivity (Wildman–Crippen MR) is 75.2 cm³/mol. The topological polar surface area (TPSA) is 47.4 Å². The minimum absolute atomic E-state index is 0.836. The zero-order valence-corrected chi connectivity index (χ0v) is 11.6. The van der Waals surface area contributed by atoms with Gasteiger partial charge in [-0.1, -0.05) is 12.1 Å². The van der Waals surface area contributed by atoms with Crippen molar-refractivity contribution in [1.82, 2.24) is 9.97 Å². The molecule has 4 nitrogen and oxygen atoms in total. The molecule has 0 atom stereocenters. The number of rotatable bonds is 4. The average molecular weight is 257 g/mol. The van der Waals surface area contributed by atoms with E-state index < -0.39 is 9.04 Å². The smallest absolute Gasteiger partial charge is 0.229 e. The minimum Gasteiger partial charge on any atom is -0.546 e. The van der Waals surface area contributed by atoms with E-state index in [-0.39, 0.29) is 0 Å². The van der Waals surface area contributed by atoms with Crippen molar-refractivity contribution < 1.29 is 4.43 Å². The van der Waals surface area contributed by atoms with Gasteiger partial charge >= 0.3 is 0 Å². The second-order valence-electron chi connectivity index (χ2n) is 4.06. The summed E-state index contributed by atoms with van der Waals surface area (Å²) in [6, 6.07) is 7.78. The molecule has 1 aromatic heterocycles. The van der Waals surface area contributed by atoms with Gasteiger partial charge in [0, 0.05) is 24.2 Å². The van der Waals surface area contributed by atoms with E-state index in [2.05, 4.69) is 28.1 Å². The molecule has 18 heavy (non-hydrogen) atoms. The fraction of sp³-hybridized carbons (Fsp3) is 0.154. The first-order valence-corrected chi connectivity index (χ1v) is 8.58. The van der Waals surface area contributed by atoms with E-state index in [1.54, 1.807) is 18.6 Å². The van der Waals surface area contributed by atoms with Crippen molar-refractivity contribution in [2.75, 3.05) is 0 Å². The van der Waals surface area contributed by atoms with Crippen LogP contribution in [0, 0.1) is 0 Å². The molecule has 0 N–H and O–H groups in total. The average Bonchev–Trinajstić information content (AvgIpc) is 2.38. The van der Waals surface area contributed by atoms with Crippen LogP contribution in [0.3, 0.4) is 0 Å². The first-order valence-electron chi connectivity index (χ1n) is 5.80. The summed E-state index contributed by atoms with van der Waals surface area (Å²) in [4.78, 5) is 12.3. The van der Waals surface area contributed by atoms with Crippen molar-refractivity contribution in [3.05, 3.63) is 48.5 Å². The SMILES string of the molecule is C[SiH](C)Oc1ccccc1N=Cc1cncnc1. The van der Waals surface area contributed by atoms with Crippen LogP contribution in [0.25, 0.3) is 0 Å². The lowest BCUT2D eigenvalue weighted by atomic mass is 10.3. The Labute approximate surface area is 108 Å². The quantitative estimate of drug-likeness (QED) is 0.625. The van der Waals surface area contributed by atoms with Crippen LogP contribution >= 0.6 is 0 Å². The van der Waals surface area contributed by atoms with Crippen LogP contribution in [0.15, 0.2) is 48.0 Å². The van der Waals surface area contributed by atoms with Gasteiger partial charge in [0.15, 0.2) is 0 Å². The summed E-state index contributed by atoms with van der Waals surface area (Å²) in [7, 11) is -1.12. The van der Waals surface area contributed by atoms with E-state index in [9.17, 15) is 0 Å². The molecule has 0 unspecified atom stereocenters. The molecule has 0 radical (unpaired) electrons. The van der Waals surface area contributed by atoms with Gasteiger partial charge in [-0.25, -0.2) is 9.97 Å². The summed E-state index contributed by atoms with van der Waals surface area (Å²) in [5.74, 6) is 0.840. The van der Waals surface area contributed by atoms with Crippen LogP contribution in [0.1, 0.15) is 5.56 Å². The maximum Gasteiger partial charge on any atom is 0.229 e. The predicted octanol–water partition coefficient (Wildman–Crippen LogP) is 2.59. The second kappa shape index (κ2) is 6.06. The maximum absolute atomic E-state index is 5.83. The molecule has 1 aromatic carbocycles. The summed E-state index contributed by atoms with van der Waals surface area (Å²) in [5.41, 5.74) is 1.71. The van der Waals surface area contributed by atoms with Crippen LogP contribution in [-0.4, -0.2) is 25.2 Å². The van der Waals surface area contributed by atoms with Crippen LogP contribution < -0.4 is 4.43 Å². The third kappa shape index (κ3) is 3.49. The minimum atomic E-state index is -1.12. The van der Waals surface area contributed by atoms with Crippen molar-refractivity contribution in [1.29, 1.82) is 0 Å². The molecule has 2 aromatic rings. The molecule has 92 valence electrons. The summed E-state index contributed by atoms with van der Waals surface area (Å²) in [6.45, 7) is 4.26. The molecule has 0 aliphatic carbocycles. The van der Waals surface area contributed by atoms with Gasteiger partial charge < -0.3 is 4.43 Å². The maximum atomic E-state index is 5.83. The summed E-state index contributed by atoms with van der Waals surface area (Å²) in [5, 5.41) is 0. The lowest BCUT2D eigenvalue weighted by Crippen LogP contribution is -2.11. The Bertz CT molecular complexity index is 529. The molecule has 0 spiro atoms. The van der Waals surface area contributed by atoms with E-state index in [1.165, 1.54) is 6.33 Å². The van der Waals surface area contributed by atoms with E-state index in [1.807, 2.05) is 24.3 Å². The molecule has 0 saturated carbocycles. The van der Waals surface area contributed by atoms with Crippen LogP contribution in [0.2, 0.25) is 13.1 Å². The van der Waals surface area contributed by atoms with Crippen LogP contribution in [0.5, 0.6) is 5.75 Å².